The summed E-state index contributed by atoms with van der Waals surface area (Å²) in [7, 11) is 1.33. The maximum atomic E-state index is 10.2. The van der Waals surface area contributed by atoms with Crippen molar-refractivity contribution in [2.24, 2.45) is 0 Å². The molecule has 0 aromatic carbocycles. The Kier molecular flexibility index (Phi) is 11.6. The molecular formula is C9H18O3. The van der Waals surface area contributed by atoms with Crippen LogP contribution in [0.1, 0.15) is 20.8 Å². The Morgan fingerprint density at radius 1 is 1.33 bits per heavy atom. The van der Waals surface area contributed by atoms with E-state index in [0.29, 0.717) is 5.57 Å². The first kappa shape index (κ1) is 13.7. The highest BCUT2D eigenvalue weighted by Crippen LogP contribution is 1.87. The minimum Gasteiger partial charge on any atom is -0.466 e. The molecule has 0 N–H and O–H groups in total. The van der Waals surface area contributed by atoms with E-state index in [-0.39, 0.29) is 5.97 Å². The zero-order chi connectivity index (χ0) is 9.98. The van der Waals surface area contributed by atoms with E-state index in [4.69, 9.17) is 4.74 Å². The van der Waals surface area contributed by atoms with Gasteiger partial charge in [-0.15, -0.1) is 0 Å². The summed E-state index contributed by atoms with van der Waals surface area (Å²) >= 11 is 0. The van der Waals surface area contributed by atoms with Crippen LogP contribution in [0.25, 0.3) is 0 Å². The Hall–Kier alpha value is -0.830. The smallest absolute Gasteiger partial charge is 0.332 e. The predicted octanol–water partition coefficient (Wildman–Crippen LogP) is 1.78. The maximum Gasteiger partial charge on any atom is 0.332 e. The summed E-state index contributed by atoms with van der Waals surface area (Å²) in [5.41, 5.74) is 0.433. The summed E-state index contributed by atoms with van der Waals surface area (Å²) in [5.74, 6) is -0.347. The van der Waals surface area contributed by atoms with Crippen LogP contribution in [0.2, 0.25) is 0 Å². The van der Waals surface area contributed by atoms with Crippen molar-refractivity contribution in [3.05, 3.63) is 12.2 Å². The molecule has 0 aromatic rings. The van der Waals surface area contributed by atoms with Gasteiger partial charge in [-0.3, -0.25) is 0 Å². The van der Waals surface area contributed by atoms with Crippen molar-refractivity contribution >= 4 is 5.97 Å². The first-order chi connectivity index (χ1) is 5.59. The number of ether oxygens (including phenoxy) is 2. The number of rotatable bonds is 3. The first-order valence-electron chi connectivity index (χ1n) is 3.91. The molecule has 12 heavy (non-hydrogen) atoms. The average molecular weight is 174 g/mol. The van der Waals surface area contributed by atoms with Gasteiger partial charge in [0.1, 0.15) is 0 Å². The topological polar surface area (TPSA) is 35.5 Å². The molecule has 0 heterocycles. The van der Waals surface area contributed by atoms with Crippen LogP contribution in [0.15, 0.2) is 12.2 Å². The molecular weight excluding hydrogens is 156 g/mol. The minimum atomic E-state index is -0.347. The van der Waals surface area contributed by atoms with Gasteiger partial charge in [-0.25, -0.2) is 4.79 Å². The summed E-state index contributed by atoms with van der Waals surface area (Å²) in [6, 6.07) is 0. The molecule has 0 saturated carbocycles. The van der Waals surface area contributed by atoms with E-state index >= 15 is 0 Å². The number of methoxy groups -OCH3 is 1. The van der Waals surface area contributed by atoms with Crippen LogP contribution in [-0.2, 0) is 14.3 Å². The van der Waals surface area contributed by atoms with Crippen molar-refractivity contribution < 1.29 is 14.3 Å². The molecule has 0 unspecified atom stereocenters. The SMILES string of the molecule is C=C(C)C(=O)OC.CCOCC. The van der Waals surface area contributed by atoms with Crippen molar-refractivity contribution in [3.8, 4) is 0 Å². The van der Waals surface area contributed by atoms with Crippen molar-refractivity contribution in [3.63, 3.8) is 0 Å². The lowest BCUT2D eigenvalue weighted by atomic mass is 10.4. The highest BCUT2D eigenvalue weighted by atomic mass is 16.5. The number of carbonyl (C=O) groups is 1. The zero-order valence-electron chi connectivity index (χ0n) is 8.35. The van der Waals surface area contributed by atoms with Crippen molar-refractivity contribution in [1.29, 1.82) is 0 Å². The molecule has 3 heteroatoms. The lowest BCUT2D eigenvalue weighted by Gasteiger charge is -1.91. The highest BCUT2D eigenvalue weighted by molar-refractivity contribution is 5.86. The lowest BCUT2D eigenvalue weighted by Crippen LogP contribution is -1.98. The zero-order valence-corrected chi connectivity index (χ0v) is 8.35. The van der Waals surface area contributed by atoms with Gasteiger partial charge in [-0.1, -0.05) is 6.58 Å². The van der Waals surface area contributed by atoms with Gasteiger partial charge in [-0.2, -0.15) is 0 Å². The van der Waals surface area contributed by atoms with Crippen LogP contribution < -0.4 is 0 Å². The number of carbonyl (C=O) groups excluding carboxylic acids is 1. The van der Waals surface area contributed by atoms with Gasteiger partial charge in [0.15, 0.2) is 0 Å². The average Bonchev–Trinajstić information content (AvgIpc) is 2.05. The molecule has 0 radical (unpaired) electrons. The molecule has 0 saturated heterocycles. The Morgan fingerprint density at radius 2 is 1.75 bits per heavy atom. The molecule has 0 aliphatic heterocycles. The monoisotopic (exact) mass is 174 g/mol. The van der Waals surface area contributed by atoms with E-state index in [9.17, 15) is 4.79 Å². The largest absolute Gasteiger partial charge is 0.466 e. The van der Waals surface area contributed by atoms with Crippen LogP contribution in [-0.4, -0.2) is 26.3 Å². The third-order valence-corrected chi connectivity index (χ3v) is 0.942. The van der Waals surface area contributed by atoms with Crippen LogP contribution >= 0.6 is 0 Å². The second kappa shape index (κ2) is 10.2. The maximum absolute atomic E-state index is 10.2. The van der Waals surface area contributed by atoms with Gasteiger partial charge < -0.3 is 9.47 Å². The van der Waals surface area contributed by atoms with Gasteiger partial charge in [0.05, 0.1) is 7.11 Å². The molecule has 0 fully saturated rings. The molecule has 0 bridgehead atoms. The summed E-state index contributed by atoms with van der Waals surface area (Å²) in [6.45, 7) is 10.6. The van der Waals surface area contributed by atoms with E-state index in [2.05, 4.69) is 11.3 Å². The van der Waals surface area contributed by atoms with Gasteiger partial charge in [0, 0.05) is 18.8 Å². The van der Waals surface area contributed by atoms with Gasteiger partial charge in [-0.05, 0) is 20.8 Å². The fourth-order valence-electron chi connectivity index (χ4n) is 0.378. The summed E-state index contributed by atoms with van der Waals surface area (Å²) in [5, 5.41) is 0. The lowest BCUT2D eigenvalue weighted by molar-refractivity contribution is -0.136. The standard InChI is InChI=1S/C5H8O2.C4H10O/c1-4(2)5(6)7-3;1-3-5-4-2/h1H2,2-3H3;3-4H2,1-2H3. The van der Waals surface area contributed by atoms with E-state index < -0.39 is 0 Å². The second-order valence-corrected chi connectivity index (χ2v) is 2.05. The number of hydrogen-bond donors (Lipinski definition) is 0. The van der Waals surface area contributed by atoms with Gasteiger partial charge in [0.2, 0.25) is 0 Å². The molecule has 0 aliphatic carbocycles. The predicted molar refractivity (Wildman–Crippen MR) is 49.0 cm³/mol. The number of hydrogen-bond acceptors (Lipinski definition) is 3. The number of esters is 1. The molecule has 0 spiro atoms. The van der Waals surface area contributed by atoms with E-state index in [1.165, 1.54) is 7.11 Å². The van der Waals surface area contributed by atoms with Crippen molar-refractivity contribution in [1.82, 2.24) is 0 Å². The Labute approximate surface area is 74.4 Å². The third kappa shape index (κ3) is 11.9. The normalized spacial score (nSPS) is 8.00. The molecule has 0 atom stereocenters. The first-order valence-corrected chi connectivity index (χ1v) is 3.91. The quantitative estimate of drug-likeness (QED) is 0.483. The van der Waals surface area contributed by atoms with Crippen LogP contribution in [0.5, 0.6) is 0 Å². The van der Waals surface area contributed by atoms with E-state index in [1.54, 1.807) is 6.92 Å². The second-order valence-electron chi connectivity index (χ2n) is 2.05. The Morgan fingerprint density at radius 3 is 1.75 bits per heavy atom. The summed E-state index contributed by atoms with van der Waals surface area (Å²) in [6.07, 6.45) is 0. The highest BCUT2D eigenvalue weighted by Gasteiger charge is 1.95. The summed E-state index contributed by atoms with van der Waals surface area (Å²) in [4.78, 5) is 10.2. The molecule has 0 aliphatic rings. The van der Waals surface area contributed by atoms with Crippen LogP contribution in [0.3, 0.4) is 0 Å². The van der Waals surface area contributed by atoms with Crippen molar-refractivity contribution in [2.75, 3.05) is 20.3 Å². The molecule has 0 aromatic heterocycles. The molecule has 0 amide bonds. The third-order valence-electron chi connectivity index (χ3n) is 0.942. The van der Waals surface area contributed by atoms with E-state index in [1.807, 2.05) is 13.8 Å². The molecule has 72 valence electrons. The fourth-order valence-corrected chi connectivity index (χ4v) is 0.378. The van der Waals surface area contributed by atoms with Gasteiger partial charge in [0.25, 0.3) is 0 Å². The van der Waals surface area contributed by atoms with Gasteiger partial charge >= 0.3 is 5.97 Å². The Balaban J connectivity index is 0. The summed E-state index contributed by atoms with van der Waals surface area (Å²) < 4.78 is 9.11. The van der Waals surface area contributed by atoms with Crippen molar-refractivity contribution in [2.45, 2.75) is 20.8 Å². The fraction of sp³-hybridized carbons (Fsp3) is 0.667. The van der Waals surface area contributed by atoms with E-state index in [0.717, 1.165) is 13.2 Å². The molecule has 3 nitrogen and oxygen atoms in total. The van der Waals surface area contributed by atoms with Crippen LogP contribution in [0, 0.1) is 0 Å². The Bertz CT molecular complexity index is 128. The molecule has 0 rings (SSSR count). The minimum absolute atomic E-state index is 0.347. The van der Waals surface area contributed by atoms with Crippen LogP contribution in [0.4, 0.5) is 0 Å².